The van der Waals surface area contributed by atoms with E-state index in [1.54, 1.807) is 11.9 Å². The first-order valence-corrected chi connectivity index (χ1v) is 6.72. The van der Waals surface area contributed by atoms with Crippen molar-refractivity contribution in [3.8, 4) is 0 Å². The Labute approximate surface area is 123 Å². The third-order valence-electron chi connectivity index (χ3n) is 2.97. The summed E-state index contributed by atoms with van der Waals surface area (Å²) in [5.74, 6) is -0.461. The lowest BCUT2D eigenvalue weighted by atomic mass is 10.2. The fourth-order valence-electron chi connectivity index (χ4n) is 1.78. The smallest absolute Gasteiger partial charge is 0.256 e. The van der Waals surface area contributed by atoms with Gasteiger partial charge in [0.05, 0.1) is 24.0 Å². The summed E-state index contributed by atoms with van der Waals surface area (Å²) in [4.78, 5) is 31.0. The van der Waals surface area contributed by atoms with Gasteiger partial charge in [0, 0.05) is 20.1 Å². The van der Waals surface area contributed by atoms with Gasteiger partial charge in [0.2, 0.25) is 5.91 Å². The van der Waals surface area contributed by atoms with E-state index in [-0.39, 0.29) is 34.8 Å². The first-order valence-electron chi connectivity index (χ1n) is 6.34. The van der Waals surface area contributed by atoms with Crippen molar-refractivity contribution in [2.24, 2.45) is 0 Å². The zero-order valence-electron chi connectivity index (χ0n) is 11.9. The summed E-state index contributed by atoms with van der Waals surface area (Å²) in [5.41, 5.74) is 6.19. The van der Waals surface area contributed by atoms with Crippen LogP contribution in [0.5, 0.6) is 0 Å². The number of amides is 2. The number of pyridine rings is 1. The van der Waals surface area contributed by atoms with E-state index < -0.39 is 0 Å². The lowest BCUT2D eigenvalue weighted by Gasteiger charge is -2.23. The molecule has 1 aromatic rings. The van der Waals surface area contributed by atoms with E-state index in [9.17, 15) is 9.59 Å². The number of rotatable bonds is 5. The van der Waals surface area contributed by atoms with Crippen molar-refractivity contribution in [1.82, 2.24) is 14.8 Å². The normalized spacial score (nSPS) is 10.2. The van der Waals surface area contributed by atoms with Gasteiger partial charge in [0.15, 0.2) is 0 Å². The van der Waals surface area contributed by atoms with E-state index in [1.807, 2.05) is 13.8 Å². The topological polar surface area (TPSA) is 79.5 Å². The van der Waals surface area contributed by atoms with Crippen molar-refractivity contribution in [3.63, 3.8) is 0 Å². The first-order chi connectivity index (χ1) is 9.40. The van der Waals surface area contributed by atoms with Crippen LogP contribution in [0.2, 0.25) is 5.15 Å². The fraction of sp³-hybridized carbons (Fsp3) is 0.462. The van der Waals surface area contributed by atoms with Crippen LogP contribution in [-0.4, -0.2) is 53.3 Å². The maximum absolute atomic E-state index is 12.2. The Bertz CT molecular complexity index is 503. The van der Waals surface area contributed by atoms with E-state index in [0.29, 0.717) is 13.1 Å². The number of nitrogens with two attached hydrogens (primary N) is 1. The molecule has 7 heteroatoms. The number of halogens is 1. The minimum absolute atomic E-state index is 0.000104. The molecule has 0 unspecified atom stereocenters. The number of likely N-dealkylation sites (N-methyl/N-ethyl adjacent to an activating group) is 2. The fourth-order valence-corrected chi connectivity index (χ4v) is 1.94. The molecule has 0 aliphatic rings. The summed E-state index contributed by atoms with van der Waals surface area (Å²) >= 11 is 5.75. The Kier molecular flexibility index (Phi) is 5.76. The van der Waals surface area contributed by atoms with E-state index >= 15 is 0 Å². The molecule has 0 spiro atoms. The largest absolute Gasteiger partial charge is 0.397 e. The van der Waals surface area contributed by atoms with Gasteiger partial charge in [-0.25, -0.2) is 4.98 Å². The van der Waals surface area contributed by atoms with Gasteiger partial charge in [0.1, 0.15) is 5.15 Å². The molecule has 2 amide bonds. The van der Waals surface area contributed by atoms with Crippen LogP contribution < -0.4 is 5.73 Å². The summed E-state index contributed by atoms with van der Waals surface area (Å²) in [6.07, 6.45) is 1.33. The molecule has 20 heavy (non-hydrogen) atoms. The molecule has 1 heterocycles. The molecule has 0 bridgehead atoms. The monoisotopic (exact) mass is 298 g/mol. The van der Waals surface area contributed by atoms with Crippen molar-refractivity contribution in [3.05, 3.63) is 23.0 Å². The standard InChI is InChI=1S/C13H19ClN4O2/c1-4-18(5-2)12(19)8-17(3)13(20)9-6-11(14)16-7-10(9)15/h6-7H,4-5,8,15H2,1-3H3. The summed E-state index contributed by atoms with van der Waals surface area (Å²) in [5, 5.41) is 0.186. The summed E-state index contributed by atoms with van der Waals surface area (Å²) < 4.78 is 0. The van der Waals surface area contributed by atoms with Gasteiger partial charge < -0.3 is 15.5 Å². The number of carbonyl (C=O) groups excluding carboxylic acids is 2. The zero-order chi connectivity index (χ0) is 15.3. The number of nitrogen functional groups attached to an aromatic ring is 1. The first kappa shape index (κ1) is 16.2. The molecule has 1 aromatic heterocycles. The van der Waals surface area contributed by atoms with Crippen LogP contribution in [0.4, 0.5) is 5.69 Å². The third-order valence-corrected chi connectivity index (χ3v) is 3.17. The van der Waals surface area contributed by atoms with E-state index in [1.165, 1.54) is 17.2 Å². The lowest BCUT2D eigenvalue weighted by molar-refractivity contribution is -0.131. The zero-order valence-corrected chi connectivity index (χ0v) is 12.6. The number of carbonyl (C=O) groups is 2. The molecule has 0 saturated carbocycles. The highest BCUT2D eigenvalue weighted by atomic mass is 35.5. The van der Waals surface area contributed by atoms with Crippen LogP contribution in [0.1, 0.15) is 24.2 Å². The quantitative estimate of drug-likeness (QED) is 0.830. The van der Waals surface area contributed by atoms with Crippen LogP contribution in [0, 0.1) is 0 Å². The maximum atomic E-state index is 12.2. The Morgan fingerprint density at radius 2 is 1.95 bits per heavy atom. The summed E-state index contributed by atoms with van der Waals surface area (Å²) in [7, 11) is 1.55. The minimum atomic E-state index is -0.354. The molecule has 0 fully saturated rings. The second-order valence-corrected chi connectivity index (χ2v) is 4.71. The Balaban J connectivity index is 2.82. The van der Waals surface area contributed by atoms with Crippen LogP contribution in [0.3, 0.4) is 0 Å². The van der Waals surface area contributed by atoms with Gasteiger partial charge >= 0.3 is 0 Å². The molecular formula is C13H19ClN4O2. The molecule has 0 radical (unpaired) electrons. The predicted octanol–water partition coefficient (Wildman–Crippen LogP) is 1.26. The van der Waals surface area contributed by atoms with Crippen LogP contribution >= 0.6 is 11.6 Å². The SMILES string of the molecule is CCN(CC)C(=O)CN(C)C(=O)c1cc(Cl)ncc1N. The van der Waals surface area contributed by atoms with Crippen LogP contribution in [0.15, 0.2) is 12.3 Å². The number of aromatic nitrogens is 1. The lowest BCUT2D eigenvalue weighted by Crippen LogP contribution is -2.41. The van der Waals surface area contributed by atoms with Crippen molar-refractivity contribution >= 4 is 29.1 Å². The van der Waals surface area contributed by atoms with Crippen LogP contribution in [-0.2, 0) is 4.79 Å². The maximum Gasteiger partial charge on any atom is 0.256 e. The molecule has 0 aromatic carbocycles. The second-order valence-electron chi connectivity index (χ2n) is 4.32. The Morgan fingerprint density at radius 3 is 2.50 bits per heavy atom. The number of anilines is 1. The average Bonchev–Trinajstić information content (AvgIpc) is 2.42. The van der Waals surface area contributed by atoms with E-state index in [2.05, 4.69) is 4.98 Å². The molecule has 0 atom stereocenters. The molecule has 0 aliphatic carbocycles. The molecule has 110 valence electrons. The van der Waals surface area contributed by atoms with Crippen LogP contribution in [0.25, 0.3) is 0 Å². The molecular weight excluding hydrogens is 280 g/mol. The van der Waals surface area contributed by atoms with E-state index in [4.69, 9.17) is 17.3 Å². The predicted molar refractivity (Wildman–Crippen MR) is 78.5 cm³/mol. The Hall–Kier alpha value is -1.82. The summed E-state index contributed by atoms with van der Waals surface area (Å²) in [6.45, 7) is 5.01. The van der Waals surface area contributed by atoms with E-state index in [0.717, 1.165) is 0 Å². The van der Waals surface area contributed by atoms with Crippen molar-refractivity contribution in [2.75, 3.05) is 32.4 Å². The van der Waals surface area contributed by atoms with Gasteiger partial charge in [-0.3, -0.25) is 9.59 Å². The minimum Gasteiger partial charge on any atom is -0.397 e. The highest BCUT2D eigenvalue weighted by Crippen LogP contribution is 2.16. The van der Waals surface area contributed by atoms with Gasteiger partial charge in [-0.1, -0.05) is 11.6 Å². The molecule has 6 nitrogen and oxygen atoms in total. The van der Waals surface area contributed by atoms with Crippen molar-refractivity contribution in [1.29, 1.82) is 0 Å². The highest BCUT2D eigenvalue weighted by molar-refractivity contribution is 6.29. The van der Waals surface area contributed by atoms with Crippen molar-refractivity contribution in [2.45, 2.75) is 13.8 Å². The molecule has 1 rings (SSSR count). The molecule has 2 N–H and O–H groups in total. The second kappa shape index (κ2) is 7.09. The molecule has 0 aliphatic heterocycles. The van der Waals surface area contributed by atoms with Gasteiger partial charge in [0.25, 0.3) is 5.91 Å². The van der Waals surface area contributed by atoms with Gasteiger partial charge in [-0.15, -0.1) is 0 Å². The average molecular weight is 299 g/mol. The summed E-state index contributed by atoms with van der Waals surface area (Å²) in [6, 6.07) is 1.40. The van der Waals surface area contributed by atoms with Gasteiger partial charge in [-0.05, 0) is 19.9 Å². The van der Waals surface area contributed by atoms with Crippen molar-refractivity contribution < 1.29 is 9.59 Å². The number of nitrogens with zero attached hydrogens (tertiary/aromatic N) is 3. The number of hydrogen-bond donors (Lipinski definition) is 1. The Morgan fingerprint density at radius 1 is 1.35 bits per heavy atom. The highest BCUT2D eigenvalue weighted by Gasteiger charge is 2.20. The number of hydrogen-bond acceptors (Lipinski definition) is 4. The third kappa shape index (κ3) is 3.84. The van der Waals surface area contributed by atoms with Gasteiger partial charge in [-0.2, -0.15) is 0 Å². The molecule has 0 saturated heterocycles.